The van der Waals surface area contributed by atoms with Crippen LogP contribution in [0.1, 0.15) is 38.6 Å². The molecule has 0 aliphatic carbocycles. The number of benzene rings is 1. The minimum Gasteiger partial charge on any atom is -0.357 e. The molecule has 0 saturated carbocycles. The monoisotopic (exact) mass is 456 g/mol. The quantitative estimate of drug-likeness (QED) is 0.364. The fourth-order valence-corrected chi connectivity index (χ4v) is 2.47. The maximum atomic E-state index is 4.63. The van der Waals surface area contributed by atoms with Crippen LogP contribution in [0.2, 0.25) is 0 Å². The van der Waals surface area contributed by atoms with Crippen LogP contribution in [0.4, 0.5) is 0 Å². The molecule has 0 aliphatic heterocycles. The largest absolute Gasteiger partial charge is 0.357 e. The third-order valence-electron chi connectivity index (χ3n) is 3.85. The molecule has 1 aromatic carbocycles. The number of nitrogens with zero attached hydrogens (tertiary/aromatic N) is 4. The van der Waals surface area contributed by atoms with E-state index in [9.17, 15) is 0 Å². The van der Waals surface area contributed by atoms with Gasteiger partial charge in [0.15, 0.2) is 11.8 Å². The molecule has 0 spiro atoms. The topological polar surface area (TPSA) is 67.1 Å². The van der Waals surface area contributed by atoms with Crippen LogP contribution < -0.4 is 10.6 Å². The Morgan fingerprint density at radius 1 is 1.24 bits per heavy atom. The number of hydrogen-bond donors (Lipinski definition) is 2. The molecule has 1 heterocycles. The van der Waals surface area contributed by atoms with Gasteiger partial charge in [-0.2, -0.15) is 0 Å². The maximum Gasteiger partial charge on any atom is 0.191 e. The van der Waals surface area contributed by atoms with Crippen LogP contribution in [0.25, 0.3) is 0 Å². The van der Waals surface area contributed by atoms with Crippen molar-refractivity contribution in [2.75, 3.05) is 6.54 Å². The maximum absolute atomic E-state index is 4.63. The number of aromatic nitrogens is 3. The number of aryl methyl sites for hydroxylation is 2. The highest BCUT2D eigenvalue weighted by Gasteiger charge is 2.07. The van der Waals surface area contributed by atoms with Crippen LogP contribution in [0.3, 0.4) is 0 Å². The minimum atomic E-state index is 0. The molecule has 2 rings (SSSR count). The predicted octanol–water partition coefficient (Wildman–Crippen LogP) is 2.99. The lowest BCUT2D eigenvalue weighted by Gasteiger charge is -2.17. The number of halogens is 1. The third kappa shape index (κ3) is 7.41. The van der Waals surface area contributed by atoms with Crippen LogP contribution in [0.5, 0.6) is 0 Å². The van der Waals surface area contributed by atoms with Crippen LogP contribution in [-0.2, 0) is 19.5 Å². The first-order chi connectivity index (χ1) is 11.7. The molecule has 6 nitrogen and oxygen atoms in total. The summed E-state index contributed by atoms with van der Waals surface area (Å²) in [5.41, 5.74) is 1.36. The zero-order valence-electron chi connectivity index (χ0n) is 15.3. The molecule has 0 bridgehead atoms. The van der Waals surface area contributed by atoms with E-state index in [4.69, 9.17) is 0 Å². The van der Waals surface area contributed by atoms with E-state index in [0.29, 0.717) is 12.6 Å². The van der Waals surface area contributed by atoms with Crippen molar-refractivity contribution in [3.05, 3.63) is 48.0 Å². The minimum absolute atomic E-state index is 0. The molecular formula is C18H29IN6. The smallest absolute Gasteiger partial charge is 0.191 e. The molecule has 0 fully saturated rings. The first-order valence-corrected chi connectivity index (χ1v) is 8.68. The summed E-state index contributed by atoms with van der Waals surface area (Å²) in [5.74, 6) is 1.70. The SMILES string of the molecule is CCNC(=NCc1nncn1CC)NC(C)CCc1ccccc1.I. The highest BCUT2D eigenvalue weighted by Crippen LogP contribution is 2.05. The average molecular weight is 456 g/mol. The molecule has 25 heavy (non-hydrogen) atoms. The Hall–Kier alpha value is -1.64. The molecule has 7 heteroatoms. The summed E-state index contributed by atoms with van der Waals surface area (Å²) in [6, 6.07) is 10.9. The van der Waals surface area contributed by atoms with Gasteiger partial charge in [-0.15, -0.1) is 34.2 Å². The molecule has 0 saturated heterocycles. The van der Waals surface area contributed by atoms with Gasteiger partial charge in [-0.25, -0.2) is 4.99 Å². The van der Waals surface area contributed by atoms with Crippen LogP contribution in [-0.4, -0.2) is 33.3 Å². The van der Waals surface area contributed by atoms with E-state index in [2.05, 4.69) is 76.9 Å². The van der Waals surface area contributed by atoms with Crippen molar-refractivity contribution >= 4 is 29.9 Å². The van der Waals surface area contributed by atoms with E-state index in [1.807, 2.05) is 4.57 Å². The summed E-state index contributed by atoms with van der Waals surface area (Å²) in [6.45, 7) is 8.54. The first kappa shape index (κ1) is 21.4. The van der Waals surface area contributed by atoms with E-state index < -0.39 is 0 Å². The first-order valence-electron chi connectivity index (χ1n) is 8.68. The van der Waals surface area contributed by atoms with Gasteiger partial charge in [0.25, 0.3) is 0 Å². The van der Waals surface area contributed by atoms with E-state index in [-0.39, 0.29) is 24.0 Å². The van der Waals surface area contributed by atoms with Gasteiger partial charge in [0, 0.05) is 19.1 Å². The lowest BCUT2D eigenvalue weighted by molar-refractivity contribution is 0.592. The molecule has 1 atom stereocenters. The fourth-order valence-electron chi connectivity index (χ4n) is 2.47. The van der Waals surface area contributed by atoms with Crippen molar-refractivity contribution in [2.45, 2.75) is 52.7 Å². The molecule has 138 valence electrons. The molecule has 2 aromatic rings. The second kappa shape index (κ2) is 11.8. The molecular weight excluding hydrogens is 427 g/mol. The van der Waals surface area contributed by atoms with Gasteiger partial charge in [0.1, 0.15) is 12.9 Å². The standard InChI is InChI=1S/C18H28N6.HI/c1-4-19-18(20-13-17-23-21-14-24(17)5-2)22-15(3)11-12-16-9-7-6-8-10-16;/h6-10,14-15H,4-5,11-13H2,1-3H3,(H2,19,20,22);1H. The van der Waals surface area contributed by atoms with E-state index >= 15 is 0 Å². The molecule has 1 unspecified atom stereocenters. The van der Waals surface area contributed by atoms with Gasteiger partial charge >= 0.3 is 0 Å². The fraction of sp³-hybridized carbons (Fsp3) is 0.500. The lowest BCUT2D eigenvalue weighted by Crippen LogP contribution is -2.42. The Kier molecular flexibility index (Phi) is 10.1. The van der Waals surface area contributed by atoms with Gasteiger partial charge in [-0.1, -0.05) is 30.3 Å². The molecule has 1 aromatic heterocycles. The second-order valence-electron chi connectivity index (χ2n) is 5.80. The Morgan fingerprint density at radius 2 is 2.00 bits per heavy atom. The number of guanidine groups is 1. The normalized spacial score (nSPS) is 12.4. The Morgan fingerprint density at radius 3 is 2.68 bits per heavy atom. The van der Waals surface area contributed by atoms with Crippen molar-refractivity contribution in [3.63, 3.8) is 0 Å². The van der Waals surface area contributed by atoms with Gasteiger partial charge < -0.3 is 15.2 Å². The van der Waals surface area contributed by atoms with E-state index in [0.717, 1.165) is 37.7 Å². The van der Waals surface area contributed by atoms with Crippen LogP contribution in [0.15, 0.2) is 41.7 Å². The summed E-state index contributed by atoms with van der Waals surface area (Å²) < 4.78 is 2.01. The number of aliphatic imine (C=N–C) groups is 1. The van der Waals surface area contributed by atoms with Gasteiger partial charge in [0.2, 0.25) is 0 Å². The van der Waals surface area contributed by atoms with Crippen molar-refractivity contribution in [1.29, 1.82) is 0 Å². The number of nitrogens with one attached hydrogen (secondary N) is 2. The third-order valence-corrected chi connectivity index (χ3v) is 3.85. The zero-order valence-corrected chi connectivity index (χ0v) is 17.6. The van der Waals surface area contributed by atoms with Crippen molar-refractivity contribution in [2.24, 2.45) is 4.99 Å². The van der Waals surface area contributed by atoms with Gasteiger partial charge in [-0.05, 0) is 39.2 Å². The second-order valence-corrected chi connectivity index (χ2v) is 5.80. The molecule has 2 N–H and O–H groups in total. The summed E-state index contributed by atoms with van der Waals surface area (Å²) in [5, 5.41) is 14.8. The Labute approximate surface area is 167 Å². The van der Waals surface area contributed by atoms with Gasteiger partial charge in [-0.3, -0.25) is 0 Å². The summed E-state index contributed by atoms with van der Waals surface area (Å²) in [4.78, 5) is 4.63. The van der Waals surface area contributed by atoms with Crippen LogP contribution >= 0.6 is 24.0 Å². The molecule has 0 aliphatic rings. The predicted molar refractivity (Wildman–Crippen MR) is 113 cm³/mol. The molecule has 0 radical (unpaired) electrons. The highest BCUT2D eigenvalue weighted by atomic mass is 127. The van der Waals surface area contributed by atoms with E-state index in [1.165, 1.54) is 5.56 Å². The summed E-state index contributed by atoms with van der Waals surface area (Å²) >= 11 is 0. The summed E-state index contributed by atoms with van der Waals surface area (Å²) in [7, 11) is 0. The number of rotatable bonds is 8. The highest BCUT2D eigenvalue weighted by molar-refractivity contribution is 14.0. The van der Waals surface area contributed by atoms with Crippen molar-refractivity contribution < 1.29 is 0 Å². The Balaban J connectivity index is 0.00000312. The van der Waals surface area contributed by atoms with Crippen molar-refractivity contribution in [3.8, 4) is 0 Å². The molecule has 0 amide bonds. The van der Waals surface area contributed by atoms with E-state index in [1.54, 1.807) is 6.33 Å². The number of hydrogen-bond acceptors (Lipinski definition) is 3. The average Bonchev–Trinajstić information content (AvgIpc) is 3.06. The zero-order chi connectivity index (χ0) is 17.2. The lowest BCUT2D eigenvalue weighted by atomic mass is 10.1. The van der Waals surface area contributed by atoms with Crippen molar-refractivity contribution in [1.82, 2.24) is 25.4 Å². The summed E-state index contributed by atoms with van der Waals surface area (Å²) in [6.07, 6.45) is 3.85. The van der Waals surface area contributed by atoms with Crippen LogP contribution in [0, 0.1) is 0 Å². The Bertz CT molecular complexity index is 626. The van der Waals surface area contributed by atoms with Gasteiger partial charge in [0.05, 0.1) is 0 Å².